The molecular formula is C14H17ClO2. The predicted molar refractivity (Wildman–Crippen MR) is 68.5 cm³/mol. The van der Waals surface area contributed by atoms with Gasteiger partial charge in [0.15, 0.2) is 0 Å². The van der Waals surface area contributed by atoms with Crippen LogP contribution in [0.3, 0.4) is 0 Å². The van der Waals surface area contributed by atoms with E-state index in [1.165, 1.54) is 0 Å². The highest BCUT2D eigenvalue weighted by Crippen LogP contribution is 2.45. The molecule has 0 spiro atoms. The number of benzene rings is 1. The third kappa shape index (κ3) is 2.06. The highest BCUT2D eigenvalue weighted by molar-refractivity contribution is 6.30. The van der Waals surface area contributed by atoms with Crippen molar-refractivity contribution in [3.63, 3.8) is 0 Å². The van der Waals surface area contributed by atoms with E-state index in [2.05, 4.69) is 13.8 Å². The van der Waals surface area contributed by atoms with Gasteiger partial charge in [0.2, 0.25) is 0 Å². The largest absolute Gasteiger partial charge is 0.489 e. The average molecular weight is 253 g/mol. The van der Waals surface area contributed by atoms with Crippen molar-refractivity contribution in [2.45, 2.75) is 39.2 Å². The number of carbonyl (C=O) groups is 1. The van der Waals surface area contributed by atoms with Gasteiger partial charge in [-0.25, -0.2) is 0 Å². The molecule has 92 valence electrons. The topological polar surface area (TPSA) is 26.3 Å². The third-order valence-electron chi connectivity index (χ3n) is 3.88. The molecule has 1 aliphatic rings. The quantitative estimate of drug-likeness (QED) is 0.813. The molecule has 0 aromatic heterocycles. The second-order valence-corrected chi connectivity index (χ2v) is 4.99. The van der Waals surface area contributed by atoms with Crippen molar-refractivity contribution in [2.75, 3.05) is 0 Å². The van der Waals surface area contributed by atoms with Gasteiger partial charge in [0.05, 0.1) is 5.41 Å². The Morgan fingerprint density at radius 2 is 2.12 bits per heavy atom. The molecule has 0 N–H and O–H groups in total. The second-order valence-electron chi connectivity index (χ2n) is 4.55. The van der Waals surface area contributed by atoms with Crippen LogP contribution in [-0.4, -0.2) is 11.9 Å². The van der Waals surface area contributed by atoms with Crippen LogP contribution in [0.1, 0.15) is 33.1 Å². The first-order chi connectivity index (χ1) is 8.12. The van der Waals surface area contributed by atoms with Crippen LogP contribution in [0.4, 0.5) is 0 Å². The van der Waals surface area contributed by atoms with E-state index in [9.17, 15) is 4.79 Å². The molecule has 0 heterocycles. The van der Waals surface area contributed by atoms with Crippen molar-refractivity contribution in [2.24, 2.45) is 5.41 Å². The van der Waals surface area contributed by atoms with Gasteiger partial charge in [-0.1, -0.05) is 31.5 Å². The maximum Gasteiger partial charge on any atom is 0.146 e. The Morgan fingerprint density at radius 1 is 1.41 bits per heavy atom. The summed E-state index contributed by atoms with van der Waals surface area (Å²) in [5.41, 5.74) is -0.275. The van der Waals surface area contributed by atoms with Gasteiger partial charge in [-0.2, -0.15) is 0 Å². The molecule has 1 atom stereocenters. The van der Waals surface area contributed by atoms with Crippen molar-refractivity contribution in [3.8, 4) is 5.75 Å². The van der Waals surface area contributed by atoms with Gasteiger partial charge in [-0.15, -0.1) is 0 Å². The lowest BCUT2D eigenvalue weighted by atomic mass is 9.61. The smallest absolute Gasteiger partial charge is 0.146 e. The van der Waals surface area contributed by atoms with Crippen LogP contribution in [0.2, 0.25) is 5.02 Å². The fraction of sp³-hybridized carbons (Fsp3) is 0.500. The van der Waals surface area contributed by atoms with Crippen LogP contribution >= 0.6 is 11.6 Å². The molecule has 1 saturated carbocycles. The maximum absolute atomic E-state index is 11.8. The van der Waals surface area contributed by atoms with Gasteiger partial charge in [0, 0.05) is 11.4 Å². The summed E-state index contributed by atoms with van der Waals surface area (Å²) >= 11 is 5.91. The lowest BCUT2D eigenvalue weighted by Gasteiger charge is -2.46. The molecule has 17 heavy (non-hydrogen) atoms. The number of Topliss-reactive ketones (excluding diaryl/α,β-unsaturated/α-hetero) is 1. The standard InChI is InChI=1S/C14H17ClO2/c1-3-14(4-2)12(16)9-13(14)17-11-7-5-6-10(15)8-11/h5-8,13H,3-4,9H2,1-2H3. The first kappa shape index (κ1) is 12.4. The highest BCUT2D eigenvalue weighted by atomic mass is 35.5. The number of halogens is 1. The van der Waals surface area contributed by atoms with Crippen molar-refractivity contribution < 1.29 is 9.53 Å². The lowest BCUT2D eigenvalue weighted by molar-refractivity contribution is -0.153. The minimum Gasteiger partial charge on any atom is -0.489 e. The first-order valence-electron chi connectivity index (χ1n) is 6.08. The molecule has 1 aliphatic carbocycles. The molecule has 0 aliphatic heterocycles. The van der Waals surface area contributed by atoms with Crippen molar-refractivity contribution in [1.82, 2.24) is 0 Å². The van der Waals surface area contributed by atoms with E-state index in [0.717, 1.165) is 18.6 Å². The van der Waals surface area contributed by atoms with Gasteiger partial charge in [-0.05, 0) is 31.0 Å². The fourth-order valence-electron chi connectivity index (χ4n) is 2.57. The summed E-state index contributed by atoms with van der Waals surface area (Å²) in [6.07, 6.45) is 2.21. The zero-order valence-electron chi connectivity index (χ0n) is 10.2. The molecule has 3 heteroatoms. The third-order valence-corrected chi connectivity index (χ3v) is 4.11. The molecule has 0 bridgehead atoms. The maximum atomic E-state index is 11.8. The van der Waals surface area contributed by atoms with Gasteiger partial charge in [-0.3, -0.25) is 4.79 Å². The molecule has 1 unspecified atom stereocenters. The summed E-state index contributed by atoms with van der Waals surface area (Å²) in [4.78, 5) is 11.8. The Bertz CT molecular complexity index is 424. The van der Waals surface area contributed by atoms with Crippen LogP contribution in [-0.2, 0) is 4.79 Å². The van der Waals surface area contributed by atoms with E-state index in [0.29, 0.717) is 17.2 Å². The Labute approximate surface area is 107 Å². The van der Waals surface area contributed by atoms with Crippen LogP contribution < -0.4 is 4.74 Å². The Kier molecular flexibility index (Phi) is 3.43. The van der Waals surface area contributed by atoms with Crippen molar-refractivity contribution >= 4 is 17.4 Å². The SMILES string of the molecule is CCC1(CC)C(=O)CC1Oc1cccc(Cl)c1. The lowest BCUT2D eigenvalue weighted by Crippen LogP contribution is -2.56. The highest BCUT2D eigenvalue weighted by Gasteiger charge is 2.53. The molecule has 1 aromatic carbocycles. The molecule has 2 rings (SSSR count). The van der Waals surface area contributed by atoms with Gasteiger partial charge in [0.25, 0.3) is 0 Å². The molecule has 0 saturated heterocycles. The molecule has 1 aromatic rings. The van der Waals surface area contributed by atoms with E-state index in [-0.39, 0.29) is 11.5 Å². The number of hydrogen-bond donors (Lipinski definition) is 0. The van der Waals surface area contributed by atoms with Crippen LogP contribution in [0, 0.1) is 5.41 Å². The molecule has 0 radical (unpaired) electrons. The summed E-state index contributed by atoms with van der Waals surface area (Å²) < 4.78 is 5.89. The van der Waals surface area contributed by atoms with Gasteiger partial charge >= 0.3 is 0 Å². The molecule has 2 nitrogen and oxygen atoms in total. The molecular weight excluding hydrogens is 236 g/mol. The summed E-state index contributed by atoms with van der Waals surface area (Å²) in [5, 5.41) is 0.659. The van der Waals surface area contributed by atoms with E-state index in [1.807, 2.05) is 18.2 Å². The number of carbonyl (C=O) groups excluding carboxylic acids is 1. The monoisotopic (exact) mass is 252 g/mol. The van der Waals surface area contributed by atoms with E-state index < -0.39 is 0 Å². The van der Waals surface area contributed by atoms with E-state index >= 15 is 0 Å². The van der Waals surface area contributed by atoms with Crippen molar-refractivity contribution in [1.29, 1.82) is 0 Å². The molecule has 1 fully saturated rings. The van der Waals surface area contributed by atoms with E-state index in [1.54, 1.807) is 6.07 Å². The number of ketones is 1. The predicted octanol–water partition coefficient (Wildman–Crippen LogP) is 3.87. The zero-order chi connectivity index (χ0) is 12.5. The minimum atomic E-state index is -0.275. The first-order valence-corrected chi connectivity index (χ1v) is 6.45. The van der Waals surface area contributed by atoms with Crippen molar-refractivity contribution in [3.05, 3.63) is 29.3 Å². The Hall–Kier alpha value is -1.02. The van der Waals surface area contributed by atoms with Gasteiger partial charge < -0.3 is 4.74 Å². The zero-order valence-corrected chi connectivity index (χ0v) is 11.0. The Morgan fingerprint density at radius 3 is 2.65 bits per heavy atom. The molecule has 0 amide bonds. The summed E-state index contributed by atoms with van der Waals surface area (Å²) in [5.74, 6) is 1.08. The average Bonchev–Trinajstić information content (AvgIpc) is 2.30. The summed E-state index contributed by atoms with van der Waals surface area (Å²) in [6, 6.07) is 7.34. The second kappa shape index (κ2) is 4.69. The van der Waals surface area contributed by atoms with E-state index in [4.69, 9.17) is 16.3 Å². The fourth-order valence-corrected chi connectivity index (χ4v) is 2.75. The number of ether oxygens (including phenoxy) is 1. The normalized spacial score (nSPS) is 22.1. The summed E-state index contributed by atoms with van der Waals surface area (Å²) in [7, 11) is 0. The van der Waals surface area contributed by atoms with Gasteiger partial charge in [0.1, 0.15) is 17.6 Å². The Balaban J connectivity index is 2.13. The summed E-state index contributed by atoms with van der Waals surface area (Å²) in [6.45, 7) is 4.10. The number of hydrogen-bond acceptors (Lipinski definition) is 2. The number of rotatable bonds is 4. The van der Waals surface area contributed by atoms with Crippen LogP contribution in [0.25, 0.3) is 0 Å². The van der Waals surface area contributed by atoms with Crippen LogP contribution in [0.15, 0.2) is 24.3 Å². The van der Waals surface area contributed by atoms with Crippen LogP contribution in [0.5, 0.6) is 5.75 Å². The minimum absolute atomic E-state index is 0.00321.